The summed E-state index contributed by atoms with van der Waals surface area (Å²) >= 11 is 0. The van der Waals surface area contributed by atoms with Crippen molar-refractivity contribution in [2.24, 2.45) is 28.6 Å². The fourth-order valence-corrected chi connectivity index (χ4v) is 8.55. The van der Waals surface area contributed by atoms with Crippen molar-refractivity contribution in [2.75, 3.05) is 13.7 Å². The van der Waals surface area contributed by atoms with Crippen molar-refractivity contribution < 1.29 is 14.3 Å². The number of esters is 1. The van der Waals surface area contributed by atoms with E-state index in [9.17, 15) is 14.4 Å². The Kier molecular flexibility index (Phi) is 6.35. The van der Waals surface area contributed by atoms with Crippen molar-refractivity contribution in [1.29, 1.82) is 0 Å². The van der Waals surface area contributed by atoms with E-state index < -0.39 is 17.2 Å². The van der Waals surface area contributed by atoms with E-state index in [0.717, 1.165) is 48.8 Å². The molecule has 1 N–H and O–H groups in total. The molecule has 4 aliphatic carbocycles. The molecule has 7 atom stereocenters. The smallest absolute Gasteiger partial charge is 0.329 e. The van der Waals surface area contributed by atoms with Gasteiger partial charge in [-0.3, -0.25) is 9.59 Å². The van der Waals surface area contributed by atoms with Crippen molar-refractivity contribution in [3.8, 4) is 0 Å². The summed E-state index contributed by atoms with van der Waals surface area (Å²) in [5.74, 6) is 1.54. The van der Waals surface area contributed by atoms with Crippen LogP contribution in [0.3, 0.4) is 0 Å². The number of ether oxygens (including phenoxy) is 2. The van der Waals surface area contributed by atoms with Crippen LogP contribution in [0.25, 0.3) is 0 Å². The molecule has 1 heterocycles. The SMILES string of the molecule is CCOC(=O)Cn1c(=O)cc(C2CC[C@H]3[C@@H]4CC=C5C[C@@H](OC)CC[C@]5(C)[C@H]4CC[C@]23C)[nH]c1=O. The number of rotatable bonds is 5. The maximum atomic E-state index is 12.8. The molecule has 1 aromatic rings. The van der Waals surface area contributed by atoms with Crippen LogP contribution in [0, 0.1) is 28.6 Å². The first kappa shape index (κ1) is 24.5. The molecule has 5 rings (SSSR count). The second-order valence-electron chi connectivity index (χ2n) is 11.8. The molecule has 4 aliphatic rings. The molecule has 0 radical (unpaired) electrons. The van der Waals surface area contributed by atoms with Crippen LogP contribution in [0.4, 0.5) is 0 Å². The molecule has 7 nitrogen and oxygen atoms in total. The van der Waals surface area contributed by atoms with Crippen LogP contribution in [0.1, 0.15) is 83.7 Å². The molecular formula is C28H40N2O5. The molecular weight excluding hydrogens is 444 g/mol. The summed E-state index contributed by atoms with van der Waals surface area (Å²) in [6.07, 6.45) is 11.9. The van der Waals surface area contributed by atoms with Gasteiger partial charge in [0.15, 0.2) is 0 Å². The summed E-state index contributed by atoms with van der Waals surface area (Å²) in [5.41, 5.74) is 1.75. The van der Waals surface area contributed by atoms with Gasteiger partial charge in [-0.15, -0.1) is 0 Å². The summed E-state index contributed by atoms with van der Waals surface area (Å²) in [5, 5.41) is 0. The van der Waals surface area contributed by atoms with Gasteiger partial charge in [-0.2, -0.15) is 0 Å². The van der Waals surface area contributed by atoms with E-state index in [1.807, 2.05) is 7.11 Å². The fourth-order valence-electron chi connectivity index (χ4n) is 8.55. The summed E-state index contributed by atoms with van der Waals surface area (Å²) < 4.78 is 11.6. The molecule has 3 fully saturated rings. The van der Waals surface area contributed by atoms with Crippen LogP contribution >= 0.6 is 0 Å². The molecule has 0 aliphatic heterocycles. The monoisotopic (exact) mass is 484 g/mol. The number of aromatic nitrogens is 2. The second kappa shape index (κ2) is 9.06. The van der Waals surface area contributed by atoms with E-state index >= 15 is 0 Å². The van der Waals surface area contributed by atoms with E-state index in [1.165, 1.54) is 12.8 Å². The Morgan fingerprint density at radius 1 is 1.14 bits per heavy atom. The minimum atomic E-state index is -0.572. The minimum absolute atomic E-state index is 0.0648. The summed E-state index contributed by atoms with van der Waals surface area (Å²) in [4.78, 5) is 40.4. The lowest BCUT2D eigenvalue weighted by Gasteiger charge is -2.58. The van der Waals surface area contributed by atoms with Crippen molar-refractivity contribution in [3.05, 3.63) is 44.2 Å². The normalized spacial score (nSPS) is 38.2. The van der Waals surface area contributed by atoms with Gasteiger partial charge in [0.2, 0.25) is 0 Å². The second-order valence-corrected chi connectivity index (χ2v) is 11.8. The lowest BCUT2D eigenvalue weighted by molar-refractivity contribution is -0.143. The highest BCUT2D eigenvalue weighted by Crippen LogP contribution is 2.67. The molecule has 192 valence electrons. The molecule has 1 aromatic heterocycles. The number of hydrogen-bond acceptors (Lipinski definition) is 5. The number of hydrogen-bond donors (Lipinski definition) is 1. The van der Waals surface area contributed by atoms with Gasteiger partial charge < -0.3 is 14.5 Å². The zero-order chi connectivity index (χ0) is 25.0. The third kappa shape index (κ3) is 3.94. The Bertz CT molecular complexity index is 1100. The number of nitrogens with one attached hydrogen (secondary N) is 1. The highest BCUT2D eigenvalue weighted by Gasteiger charge is 2.59. The van der Waals surface area contributed by atoms with Gasteiger partial charge in [-0.05, 0) is 86.9 Å². The van der Waals surface area contributed by atoms with Gasteiger partial charge in [-0.25, -0.2) is 9.36 Å². The minimum Gasteiger partial charge on any atom is -0.465 e. The van der Waals surface area contributed by atoms with Crippen molar-refractivity contribution >= 4 is 5.97 Å². The number of H-pyrrole nitrogens is 1. The molecule has 0 aromatic carbocycles. The van der Waals surface area contributed by atoms with Crippen LogP contribution < -0.4 is 11.2 Å². The van der Waals surface area contributed by atoms with E-state index in [1.54, 1.807) is 18.6 Å². The van der Waals surface area contributed by atoms with Gasteiger partial charge >= 0.3 is 11.7 Å². The van der Waals surface area contributed by atoms with Crippen molar-refractivity contribution in [2.45, 2.75) is 90.7 Å². The molecule has 0 amide bonds. The Labute approximate surface area is 207 Å². The maximum absolute atomic E-state index is 12.8. The standard InChI is InChI=1S/C28H40N2O5/c1-5-35-25(32)16-30-24(31)15-23(29-26(30)33)22-9-8-20-19-7-6-17-14-18(34-4)10-12-27(17,2)21(19)11-13-28(20,22)3/h6,15,18-22H,5,7-14,16H2,1-4H3,(H,29,33)/t18-,19-,20-,21-,22?,27-,28-/m0/s1. The number of allylic oxidation sites excluding steroid dienone is 1. The summed E-state index contributed by atoms with van der Waals surface area (Å²) in [6.45, 7) is 6.45. The Morgan fingerprint density at radius 2 is 1.94 bits per heavy atom. The molecule has 3 saturated carbocycles. The molecule has 7 heteroatoms. The number of carbonyl (C=O) groups excluding carboxylic acids is 1. The van der Waals surface area contributed by atoms with Crippen LogP contribution in [0.2, 0.25) is 0 Å². The van der Waals surface area contributed by atoms with Gasteiger partial charge in [0, 0.05) is 24.8 Å². The largest absolute Gasteiger partial charge is 0.465 e. The lowest BCUT2D eigenvalue weighted by atomic mass is 9.47. The van der Waals surface area contributed by atoms with E-state index in [-0.39, 0.29) is 29.9 Å². The average molecular weight is 485 g/mol. The third-order valence-corrected chi connectivity index (χ3v) is 10.4. The number of methoxy groups -OCH3 is 1. The predicted octanol–water partition coefficient (Wildman–Crippen LogP) is 4.16. The maximum Gasteiger partial charge on any atom is 0.329 e. The zero-order valence-electron chi connectivity index (χ0n) is 21.6. The van der Waals surface area contributed by atoms with Crippen LogP contribution in [-0.2, 0) is 20.8 Å². The number of nitrogens with zero attached hydrogens (tertiary/aromatic N) is 1. The van der Waals surface area contributed by atoms with E-state index in [4.69, 9.17) is 9.47 Å². The summed E-state index contributed by atoms with van der Waals surface area (Å²) in [6, 6.07) is 1.55. The first-order valence-corrected chi connectivity index (χ1v) is 13.4. The topological polar surface area (TPSA) is 90.4 Å². The number of carbonyl (C=O) groups is 1. The molecule has 0 bridgehead atoms. The van der Waals surface area contributed by atoms with E-state index in [0.29, 0.717) is 23.9 Å². The van der Waals surface area contributed by atoms with Gasteiger partial charge in [0.1, 0.15) is 6.54 Å². The molecule has 35 heavy (non-hydrogen) atoms. The van der Waals surface area contributed by atoms with Crippen LogP contribution in [-0.4, -0.2) is 35.3 Å². The van der Waals surface area contributed by atoms with Crippen molar-refractivity contribution in [3.63, 3.8) is 0 Å². The Hall–Kier alpha value is -2.15. The Balaban J connectivity index is 1.40. The molecule has 0 spiro atoms. The Morgan fingerprint density at radius 3 is 2.66 bits per heavy atom. The lowest BCUT2D eigenvalue weighted by Crippen LogP contribution is -2.50. The first-order chi connectivity index (χ1) is 16.7. The summed E-state index contributed by atoms with van der Waals surface area (Å²) in [7, 11) is 1.84. The highest BCUT2D eigenvalue weighted by atomic mass is 16.5. The van der Waals surface area contributed by atoms with Crippen molar-refractivity contribution in [1.82, 2.24) is 9.55 Å². The van der Waals surface area contributed by atoms with Gasteiger partial charge in [0.25, 0.3) is 5.56 Å². The fraction of sp³-hybridized carbons (Fsp3) is 0.750. The van der Waals surface area contributed by atoms with E-state index in [2.05, 4.69) is 24.9 Å². The first-order valence-electron chi connectivity index (χ1n) is 13.4. The zero-order valence-corrected chi connectivity index (χ0v) is 21.6. The van der Waals surface area contributed by atoms with Crippen LogP contribution in [0.15, 0.2) is 27.3 Å². The molecule has 0 saturated heterocycles. The van der Waals surface area contributed by atoms with Gasteiger partial charge in [-0.1, -0.05) is 25.5 Å². The quantitative estimate of drug-likeness (QED) is 0.501. The molecule has 1 unspecified atom stereocenters. The van der Waals surface area contributed by atoms with Gasteiger partial charge in [0.05, 0.1) is 12.7 Å². The number of aromatic amines is 1. The van der Waals surface area contributed by atoms with Crippen LogP contribution in [0.5, 0.6) is 0 Å². The predicted molar refractivity (Wildman–Crippen MR) is 133 cm³/mol. The number of fused-ring (bicyclic) bond motifs is 5. The third-order valence-electron chi connectivity index (χ3n) is 10.4. The highest BCUT2D eigenvalue weighted by molar-refractivity contribution is 5.69. The average Bonchev–Trinajstić information content (AvgIpc) is 3.18.